The van der Waals surface area contributed by atoms with Crippen LogP contribution in [-0.4, -0.2) is 5.97 Å². The molecule has 15 heavy (non-hydrogen) atoms. The molecule has 0 fully saturated rings. The number of ether oxygens (including phenoxy) is 1. The fraction of sp³-hybridized carbons (Fsp3) is 0.333. The van der Waals surface area contributed by atoms with Gasteiger partial charge in [0.05, 0.1) is 0 Å². The van der Waals surface area contributed by atoms with Crippen molar-refractivity contribution in [2.45, 2.75) is 27.7 Å². The third-order valence-corrected chi connectivity index (χ3v) is 2.06. The highest BCUT2D eigenvalue weighted by Crippen LogP contribution is 2.13. The summed E-state index contributed by atoms with van der Waals surface area (Å²) >= 11 is 0. The molecule has 3 nitrogen and oxygen atoms in total. The summed E-state index contributed by atoms with van der Waals surface area (Å²) in [5, 5.41) is 0. The Balaban J connectivity index is 3.51. The molecule has 0 amide bonds. The second kappa shape index (κ2) is 4.26. The van der Waals surface area contributed by atoms with Crippen molar-refractivity contribution in [3.05, 3.63) is 39.0 Å². The Bertz CT molecular complexity index is 461. The normalized spacial score (nSPS) is 9.87. The first-order chi connectivity index (χ1) is 6.91. The Labute approximate surface area is 88.7 Å². The number of rotatable bonds is 1. The summed E-state index contributed by atoms with van der Waals surface area (Å²) in [6.07, 6.45) is 0. The molecule has 80 valence electrons. The first-order valence-electron chi connectivity index (χ1n) is 4.72. The molecule has 0 N–H and O–H groups in total. The van der Waals surface area contributed by atoms with Gasteiger partial charge in [0.1, 0.15) is 0 Å². The molecule has 1 aromatic carbocycles. The molecule has 0 saturated carbocycles. The summed E-state index contributed by atoms with van der Waals surface area (Å²) in [6.45, 7) is 6.65. The van der Waals surface area contributed by atoms with Crippen LogP contribution in [0, 0.1) is 20.8 Å². The van der Waals surface area contributed by atoms with Gasteiger partial charge in [-0.1, -0.05) is 17.7 Å². The van der Waals surface area contributed by atoms with Gasteiger partial charge in [-0.3, -0.25) is 9.59 Å². The van der Waals surface area contributed by atoms with Crippen LogP contribution in [0.3, 0.4) is 0 Å². The maximum Gasteiger partial charge on any atom is 0.308 e. The summed E-state index contributed by atoms with van der Waals surface area (Å²) in [6, 6.07) is 3.61. The van der Waals surface area contributed by atoms with Crippen LogP contribution in [0.2, 0.25) is 0 Å². The number of carbonyl (C=O) groups excluding carboxylic acids is 1. The summed E-state index contributed by atoms with van der Waals surface area (Å²) < 4.78 is 4.92. The second-order valence-corrected chi connectivity index (χ2v) is 3.65. The van der Waals surface area contributed by atoms with E-state index < -0.39 is 5.97 Å². The predicted octanol–water partition coefficient (Wildman–Crippen LogP) is 1.90. The average molecular weight is 206 g/mol. The molecule has 3 heteroatoms. The molecule has 0 aliphatic carbocycles. The number of esters is 1. The van der Waals surface area contributed by atoms with Crippen molar-refractivity contribution in [2.24, 2.45) is 0 Å². The zero-order valence-corrected chi connectivity index (χ0v) is 9.38. The maximum absolute atomic E-state index is 11.8. The van der Waals surface area contributed by atoms with Gasteiger partial charge in [0, 0.05) is 12.5 Å². The highest BCUT2D eigenvalue weighted by Gasteiger charge is 2.08. The highest BCUT2D eigenvalue weighted by atomic mass is 16.5. The van der Waals surface area contributed by atoms with Crippen molar-refractivity contribution in [3.63, 3.8) is 0 Å². The fourth-order valence-corrected chi connectivity index (χ4v) is 1.48. The first-order valence-corrected chi connectivity index (χ1v) is 4.72. The lowest BCUT2D eigenvalue weighted by Crippen LogP contribution is -2.12. The van der Waals surface area contributed by atoms with E-state index in [0.717, 1.165) is 5.56 Å². The smallest absolute Gasteiger partial charge is 0.308 e. The van der Waals surface area contributed by atoms with Gasteiger partial charge >= 0.3 is 5.97 Å². The highest BCUT2D eigenvalue weighted by molar-refractivity contribution is 5.69. The Hall–Kier alpha value is -1.64. The van der Waals surface area contributed by atoms with Crippen LogP contribution in [0.1, 0.15) is 23.6 Å². The molecule has 0 unspecified atom stereocenters. The third kappa shape index (κ3) is 2.65. The standard InChI is InChI=1S/C12H14O3/c1-7-5-8(2)11(14)12(9(3)6-7)15-10(4)13/h5-6H,1-4H3. The van der Waals surface area contributed by atoms with E-state index in [1.807, 2.05) is 13.0 Å². The van der Waals surface area contributed by atoms with Gasteiger partial charge in [0.25, 0.3) is 0 Å². The van der Waals surface area contributed by atoms with Gasteiger partial charge in [-0.15, -0.1) is 0 Å². The molecule has 0 radical (unpaired) electrons. The van der Waals surface area contributed by atoms with Gasteiger partial charge in [-0.2, -0.15) is 0 Å². The van der Waals surface area contributed by atoms with Crippen LogP contribution in [0.5, 0.6) is 5.75 Å². The zero-order valence-electron chi connectivity index (χ0n) is 9.38. The van der Waals surface area contributed by atoms with E-state index in [9.17, 15) is 9.59 Å². The molecule has 0 aliphatic rings. The maximum atomic E-state index is 11.8. The Morgan fingerprint density at radius 3 is 2.20 bits per heavy atom. The Morgan fingerprint density at radius 1 is 1.13 bits per heavy atom. The lowest BCUT2D eigenvalue weighted by atomic mass is 10.2. The lowest BCUT2D eigenvalue weighted by Gasteiger charge is -2.00. The van der Waals surface area contributed by atoms with E-state index in [-0.39, 0.29) is 11.2 Å². The minimum atomic E-state index is -0.474. The molecular weight excluding hydrogens is 192 g/mol. The molecule has 0 spiro atoms. The summed E-state index contributed by atoms with van der Waals surface area (Å²) in [7, 11) is 0. The lowest BCUT2D eigenvalue weighted by molar-refractivity contribution is -0.132. The van der Waals surface area contributed by atoms with Crippen LogP contribution in [0.25, 0.3) is 0 Å². The molecule has 0 heterocycles. The number of carbonyl (C=O) groups is 1. The van der Waals surface area contributed by atoms with Crippen LogP contribution in [-0.2, 0) is 4.79 Å². The predicted molar refractivity (Wildman–Crippen MR) is 58.2 cm³/mol. The molecule has 1 aromatic rings. The molecule has 0 atom stereocenters. The van der Waals surface area contributed by atoms with Crippen molar-refractivity contribution in [1.82, 2.24) is 0 Å². The molecule has 0 saturated heterocycles. The van der Waals surface area contributed by atoms with E-state index in [0.29, 0.717) is 11.1 Å². The first kappa shape index (κ1) is 11.4. The summed E-state index contributed by atoms with van der Waals surface area (Å²) in [4.78, 5) is 22.7. The van der Waals surface area contributed by atoms with Gasteiger partial charge in [0.2, 0.25) is 5.43 Å². The van der Waals surface area contributed by atoms with E-state index in [1.54, 1.807) is 19.9 Å². The molecular formula is C12H14O3. The van der Waals surface area contributed by atoms with E-state index in [4.69, 9.17) is 4.74 Å². The van der Waals surface area contributed by atoms with Crippen molar-refractivity contribution in [1.29, 1.82) is 0 Å². The van der Waals surface area contributed by atoms with E-state index in [2.05, 4.69) is 0 Å². The third-order valence-electron chi connectivity index (χ3n) is 2.06. The van der Waals surface area contributed by atoms with E-state index >= 15 is 0 Å². The average Bonchev–Trinajstić information content (AvgIpc) is 2.18. The number of aryl methyl sites for hydroxylation is 3. The van der Waals surface area contributed by atoms with Crippen LogP contribution in [0.4, 0.5) is 0 Å². The summed E-state index contributed by atoms with van der Waals surface area (Å²) in [5.41, 5.74) is 2.01. The van der Waals surface area contributed by atoms with E-state index in [1.165, 1.54) is 6.92 Å². The van der Waals surface area contributed by atoms with Gasteiger partial charge in [-0.05, 0) is 26.3 Å². The monoisotopic (exact) mass is 206 g/mol. The quantitative estimate of drug-likeness (QED) is 0.659. The SMILES string of the molecule is CC(=O)Oc1c(C)cc(C)cc(C)c1=O. The van der Waals surface area contributed by atoms with Crippen molar-refractivity contribution < 1.29 is 9.53 Å². The molecule has 0 aromatic heterocycles. The zero-order chi connectivity index (χ0) is 11.6. The fourth-order valence-electron chi connectivity index (χ4n) is 1.48. The van der Waals surface area contributed by atoms with Crippen molar-refractivity contribution in [2.75, 3.05) is 0 Å². The Morgan fingerprint density at radius 2 is 1.67 bits per heavy atom. The minimum Gasteiger partial charge on any atom is -0.422 e. The molecule has 0 bridgehead atoms. The van der Waals surface area contributed by atoms with Gasteiger partial charge in [0.15, 0.2) is 5.75 Å². The topological polar surface area (TPSA) is 43.4 Å². The van der Waals surface area contributed by atoms with Gasteiger partial charge in [-0.25, -0.2) is 0 Å². The van der Waals surface area contributed by atoms with Crippen LogP contribution >= 0.6 is 0 Å². The van der Waals surface area contributed by atoms with Crippen LogP contribution in [0.15, 0.2) is 16.9 Å². The largest absolute Gasteiger partial charge is 0.422 e. The van der Waals surface area contributed by atoms with Crippen molar-refractivity contribution >= 4 is 5.97 Å². The van der Waals surface area contributed by atoms with Crippen molar-refractivity contribution in [3.8, 4) is 5.75 Å². The number of hydrogen-bond donors (Lipinski definition) is 0. The minimum absolute atomic E-state index is 0.133. The summed E-state index contributed by atoms with van der Waals surface area (Å²) in [5.74, 6) is -0.341. The number of hydrogen-bond acceptors (Lipinski definition) is 3. The molecule has 0 aliphatic heterocycles. The second-order valence-electron chi connectivity index (χ2n) is 3.65. The molecule has 1 rings (SSSR count). The Kier molecular flexibility index (Phi) is 3.24. The van der Waals surface area contributed by atoms with Crippen LogP contribution < -0.4 is 10.2 Å². The van der Waals surface area contributed by atoms with Gasteiger partial charge < -0.3 is 4.74 Å².